The van der Waals surface area contributed by atoms with E-state index in [2.05, 4.69) is 31.1 Å². The molecule has 0 saturated heterocycles. The second-order valence-electron chi connectivity index (χ2n) is 8.84. The number of rotatable bonds is 9. The third-order valence-electron chi connectivity index (χ3n) is 6.08. The Morgan fingerprint density at radius 1 is 0.925 bits per heavy atom. The Balaban J connectivity index is 1.32. The lowest BCUT2D eigenvalue weighted by Gasteiger charge is -2.18. The Labute approximate surface area is 235 Å². The fourth-order valence-electron chi connectivity index (χ4n) is 4.10. The van der Waals surface area contributed by atoms with Gasteiger partial charge in [-0.1, -0.05) is 54.1 Å². The standard InChI is InChI=1S/C30H24ClN7O2/c31-25-9-12-28(38-20-33-36-37-38)24(19-25)8-13-29(39)35-27(18-21-4-2-1-3-5-21)30(40)34-26-10-6-22(7-11-26)23-14-16-32-17-15-23/h1-17,19-20,27H,18H2,(H,34,40)(H,35,39)/t27-/m0/s1. The molecule has 0 fully saturated rings. The van der Waals surface area contributed by atoms with E-state index in [1.54, 1.807) is 36.7 Å². The summed E-state index contributed by atoms with van der Waals surface area (Å²) in [6.07, 6.45) is 8.19. The van der Waals surface area contributed by atoms with E-state index in [0.29, 0.717) is 28.4 Å². The molecule has 2 N–H and O–H groups in total. The van der Waals surface area contributed by atoms with Gasteiger partial charge in [0, 0.05) is 41.2 Å². The molecular weight excluding hydrogens is 526 g/mol. The van der Waals surface area contributed by atoms with E-state index in [1.807, 2.05) is 66.7 Å². The summed E-state index contributed by atoms with van der Waals surface area (Å²) in [7, 11) is 0. The summed E-state index contributed by atoms with van der Waals surface area (Å²) in [5, 5.41) is 17.5. The lowest BCUT2D eigenvalue weighted by Crippen LogP contribution is -2.44. The van der Waals surface area contributed by atoms with Gasteiger partial charge < -0.3 is 10.6 Å². The molecule has 10 heteroatoms. The van der Waals surface area contributed by atoms with Crippen molar-refractivity contribution >= 4 is 35.2 Å². The van der Waals surface area contributed by atoms with Crippen LogP contribution < -0.4 is 10.6 Å². The lowest BCUT2D eigenvalue weighted by atomic mass is 10.0. The van der Waals surface area contributed by atoms with Gasteiger partial charge in [-0.3, -0.25) is 14.6 Å². The van der Waals surface area contributed by atoms with Crippen LogP contribution in [0, 0.1) is 0 Å². The van der Waals surface area contributed by atoms with Gasteiger partial charge in [-0.05, 0) is 75.7 Å². The van der Waals surface area contributed by atoms with E-state index < -0.39 is 11.9 Å². The Bertz CT molecular complexity index is 1610. The summed E-state index contributed by atoms with van der Waals surface area (Å²) in [4.78, 5) is 30.4. The first kappa shape index (κ1) is 26.5. The second-order valence-corrected chi connectivity index (χ2v) is 9.28. The largest absolute Gasteiger partial charge is 0.340 e. The molecule has 198 valence electrons. The number of hydrogen-bond acceptors (Lipinski definition) is 6. The molecular formula is C30H24ClN7O2. The predicted octanol–water partition coefficient (Wildman–Crippen LogP) is 4.76. The molecule has 0 aliphatic heterocycles. The number of amides is 2. The Morgan fingerprint density at radius 2 is 1.68 bits per heavy atom. The first-order valence-corrected chi connectivity index (χ1v) is 12.8. The van der Waals surface area contributed by atoms with E-state index >= 15 is 0 Å². The minimum Gasteiger partial charge on any atom is -0.340 e. The summed E-state index contributed by atoms with van der Waals surface area (Å²) in [6, 6.07) is 25.2. The molecule has 3 aromatic carbocycles. The van der Waals surface area contributed by atoms with Crippen LogP contribution in [0.1, 0.15) is 11.1 Å². The van der Waals surface area contributed by atoms with Crippen molar-refractivity contribution in [1.82, 2.24) is 30.5 Å². The van der Waals surface area contributed by atoms with Crippen molar-refractivity contribution in [3.63, 3.8) is 0 Å². The highest BCUT2D eigenvalue weighted by atomic mass is 35.5. The average molecular weight is 550 g/mol. The van der Waals surface area contributed by atoms with Crippen LogP contribution in [0.25, 0.3) is 22.9 Å². The van der Waals surface area contributed by atoms with Crippen molar-refractivity contribution in [3.8, 4) is 16.8 Å². The smallest absolute Gasteiger partial charge is 0.247 e. The highest BCUT2D eigenvalue weighted by Crippen LogP contribution is 2.22. The van der Waals surface area contributed by atoms with Gasteiger partial charge in [-0.25, -0.2) is 0 Å². The zero-order valence-corrected chi connectivity index (χ0v) is 21.9. The highest BCUT2D eigenvalue weighted by molar-refractivity contribution is 6.30. The van der Waals surface area contributed by atoms with Crippen LogP contribution in [-0.2, 0) is 16.0 Å². The first-order valence-electron chi connectivity index (χ1n) is 12.4. The number of nitrogens with one attached hydrogen (secondary N) is 2. The molecule has 2 heterocycles. The van der Waals surface area contributed by atoms with Crippen molar-refractivity contribution in [3.05, 3.63) is 126 Å². The van der Waals surface area contributed by atoms with E-state index in [0.717, 1.165) is 16.7 Å². The SMILES string of the molecule is O=C(C=Cc1cc(Cl)ccc1-n1cnnn1)N[C@@H](Cc1ccccc1)C(=O)Nc1ccc(-c2ccncc2)cc1. The average Bonchev–Trinajstić information content (AvgIpc) is 3.52. The number of tetrazole rings is 1. The van der Waals surface area contributed by atoms with E-state index in [1.165, 1.54) is 17.1 Å². The summed E-state index contributed by atoms with van der Waals surface area (Å²) >= 11 is 6.18. The molecule has 2 aromatic heterocycles. The Hall–Kier alpha value is -5.15. The minimum absolute atomic E-state index is 0.314. The molecule has 0 radical (unpaired) electrons. The minimum atomic E-state index is -0.822. The monoisotopic (exact) mass is 549 g/mol. The van der Waals surface area contributed by atoms with E-state index in [4.69, 9.17) is 11.6 Å². The van der Waals surface area contributed by atoms with Gasteiger partial charge in [0.2, 0.25) is 11.8 Å². The second kappa shape index (κ2) is 12.6. The maximum Gasteiger partial charge on any atom is 0.247 e. The number of benzene rings is 3. The molecule has 5 rings (SSSR count). The molecule has 5 aromatic rings. The topological polar surface area (TPSA) is 115 Å². The van der Waals surface area contributed by atoms with Gasteiger partial charge >= 0.3 is 0 Å². The van der Waals surface area contributed by atoms with Gasteiger partial charge in [0.15, 0.2) is 0 Å². The summed E-state index contributed by atoms with van der Waals surface area (Å²) in [5.41, 5.74) is 4.84. The molecule has 40 heavy (non-hydrogen) atoms. The Morgan fingerprint density at radius 3 is 2.40 bits per heavy atom. The third-order valence-corrected chi connectivity index (χ3v) is 6.32. The Kier molecular flexibility index (Phi) is 8.33. The van der Waals surface area contributed by atoms with Crippen molar-refractivity contribution in [2.75, 3.05) is 5.32 Å². The maximum absolute atomic E-state index is 13.3. The molecule has 1 atom stereocenters. The summed E-state index contributed by atoms with van der Waals surface area (Å²) in [5.74, 6) is -0.772. The molecule has 0 spiro atoms. The third kappa shape index (κ3) is 6.83. The van der Waals surface area contributed by atoms with Crippen molar-refractivity contribution in [2.24, 2.45) is 0 Å². The van der Waals surface area contributed by atoms with Gasteiger partial charge in [0.25, 0.3) is 0 Å². The van der Waals surface area contributed by atoms with Crippen molar-refractivity contribution in [2.45, 2.75) is 12.5 Å². The van der Waals surface area contributed by atoms with Crippen LogP contribution in [-0.4, -0.2) is 43.0 Å². The summed E-state index contributed by atoms with van der Waals surface area (Å²) in [6.45, 7) is 0. The molecule has 0 unspecified atom stereocenters. The molecule has 9 nitrogen and oxygen atoms in total. The van der Waals surface area contributed by atoms with Crippen molar-refractivity contribution in [1.29, 1.82) is 0 Å². The number of nitrogens with zero attached hydrogens (tertiary/aromatic N) is 5. The van der Waals surface area contributed by atoms with Gasteiger partial charge in [-0.2, -0.15) is 4.68 Å². The normalized spacial score (nSPS) is 11.7. The quantitative estimate of drug-likeness (QED) is 0.256. The lowest BCUT2D eigenvalue weighted by molar-refractivity contribution is -0.123. The number of anilines is 1. The van der Waals surface area contributed by atoms with Crippen LogP contribution in [0.5, 0.6) is 0 Å². The van der Waals surface area contributed by atoms with Gasteiger partial charge in [-0.15, -0.1) is 5.10 Å². The predicted molar refractivity (Wildman–Crippen MR) is 154 cm³/mol. The molecule has 0 aliphatic rings. The molecule has 0 bridgehead atoms. The van der Waals surface area contributed by atoms with Gasteiger partial charge in [0.1, 0.15) is 12.4 Å². The fourth-order valence-corrected chi connectivity index (χ4v) is 4.28. The number of hydrogen-bond donors (Lipinski definition) is 2. The number of halogens is 1. The van der Waals surface area contributed by atoms with E-state index in [-0.39, 0.29) is 5.91 Å². The van der Waals surface area contributed by atoms with Gasteiger partial charge in [0.05, 0.1) is 5.69 Å². The van der Waals surface area contributed by atoms with Crippen LogP contribution >= 0.6 is 11.6 Å². The zero-order valence-electron chi connectivity index (χ0n) is 21.2. The highest BCUT2D eigenvalue weighted by Gasteiger charge is 2.21. The molecule has 0 saturated carbocycles. The number of carbonyl (C=O) groups is 2. The number of pyridine rings is 1. The molecule has 2 amide bonds. The van der Waals surface area contributed by atoms with Crippen LogP contribution in [0.3, 0.4) is 0 Å². The summed E-state index contributed by atoms with van der Waals surface area (Å²) < 4.78 is 1.47. The number of aromatic nitrogens is 5. The van der Waals surface area contributed by atoms with E-state index in [9.17, 15) is 9.59 Å². The van der Waals surface area contributed by atoms with Crippen LogP contribution in [0.2, 0.25) is 5.02 Å². The van der Waals surface area contributed by atoms with Crippen molar-refractivity contribution < 1.29 is 9.59 Å². The van der Waals surface area contributed by atoms with Crippen LogP contribution in [0.15, 0.2) is 110 Å². The first-order chi connectivity index (χ1) is 19.5. The maximum atomic E-state index is 13.3. The fraction of sp³-hybridized carbons (Fsp3) is 0.0667. The van der Waals surface area contributed by atoms with Crippen LogP contribution in [0.4, 0.5) is 5.69 Å². The zero-order chi connectivity index (χ0) is 27.7. The molecule has 0 aliphatic carbocycles. The number of carbonyl (C=O) groups excluding carboxylic acids is 2.